The molecule has 1 aromatic carbocycles. The van der Waals surface area contributed by atoms with Gasteiger partial charge in [-0.2, -0.15) is 0 Å². The number of anilines is 1. The number of hydrogen-bond acceptors (Lipinski definition) is 2. The van der Waals surface area contributed by atoms with E-state index in [-0.39, 0.29) is 5.91 Å². The van der Waals surface area contributed by atoms with E-state index in [9.17, 15) is 4.79 Å². The number of benzene rings is 1. The van der Waals surface area contributed by atoms with E-state index in [4.69, 9.17) is 5.73 Å². The third-order valence-corrected chi connectivity index (χ3v) is 4.11. The molecule has 2 unspecified atom stereocenters. The largest absolute Gasteiger partial charge is 0.398 e. The number of rotatable bonds is 3. The van der Waals surface area contributed by atoms with E-state index in [2.05, 4.69) is 28.2 Å². The molecule has 0 bridgehead atoms. The average Bonchev–Trinajstić information content (AvgIpc) is 2.72. The molecule has 3 N–H and O–H groups in total. The Labute approximate surface area is 116 Å². The number of nitrogens with one attached hydrogen (secondary N) is 1. The van der Waals surface area contributed by atoms with Crippen molar-refractivity contribution in [2.75, 3.05) is 12.3 Å². The summed E-state index contributed by atoms with van der Waals surface area (Å²) >= 11 is 3.33. The van der Waals surface area contributed by atoms with E-state index in [0.717, 1.165) is 16.9 Å². The zero-order valence-electron chi connectivity index (χ0n) is 10.6. The van der Waals surface area contributed by atoms with Crippen LogP contribution >= 0.6 is 15.9 Å². The van der Waals surface area contributed by atoms with Crippen LogP contribution in [0.1, 0.15) is 36.5 Å². The molecule has 2 rings (SSSR count). The molecular weight excluding hydrogens is 292 g/mol. The summed E-state index contributed by atoms with van der Waals surface area (Å²) in [4.78, 5) is 12.0. The van der Waals surface area contributed by atoms with Crippen LogP contribution in [0.2, 0.25) is 0 Å². The number of nitrogens with two attached hydrogens (primary N) is 1. The number of amides is 1. The summed E-state index contributed by atoms with van der Waals surface area (Å²) < 4.78 is 0.890. The summed E-state index contributed by atoms with van der Waals surface area (Å²) in [7, 11) is 0. The first-order chi connectivity index (χ1) is 8.56. The lowest BCUT2D eigenvalue weighted by molar-refractivity contribution is 0.0948. The van der Waals surface area contributed by atoms with E-state index in [1.165, 1.54) is 19.3 Å². The summed E-state index contributed by atoms with van der Waals surface area (Å²) in [5.74, 6) is 1.35. The van der Waals surface area contributed by atoms with Crippen molar-refractivity contribution >= 4 is 27.5 Å². The highest BCUT2D eigenvalue weighted by atomic mass is 79.9. The topological polar surface area (TPSA) is 55.1 Å². The predicted molar refractivity (Wildman–Crippen MR) is 77.4 cm³/mol. The van der Waals surface area contributed by atoms with Gasteiger partial charge < -0.3 is 11.1 Å². The second-order valence-corrected chi connectivity index (χ2v) is 6.14. The quantitative estimate of drug-likeness (QED) is 0.842. The molecule has 0 aromatic heterocycles. The van der Waals surface area contributed by atoms with Crippen LogP contribution in [0.3, 0.4) is 0 Å². The minimum atomic E-state index is -0.0699. The summed E-state index contributed by atoms with van der Waals surface area (Å²) in [6, 6.07) is 5.35. The summed E-state index contributed by atoms with van der Waals surface area (Å²) in [5.41, 5.74) is 6.91. The molecule has 0 radical (unpaired) electrons. The highest BCUT2D eigenvalue weighted by molar-refractivity contribution is 9.10. The van der Waals surface area contributed by atoms with Gasteiger partial charge in [0.25, 0.3) is 5.91 Å². The van der Waals surface area contributed by atoms with Gasteiger partial charge >= 0.3 is 0 Å². The molecule has 0 aliphatic heterocycles. The van der Waals surface area contributed by atoms with E-state index in [0.29, 0.717) is 17.2 Å². The fourth-order valence-electron chi connectivity index (χ4n) is 2.58. The number of carbonyl (C=O) groups excluding carboxylic acids is 1. The van der Waals surface area contributed by atoms with Gasteiger partial charge in [0.15, 0.2) is 0 Å². The maximum absolute atomic E-state index is 12.0. The van der Waals surface area contributed by atoms with Crippen LogP contribution in [-0.4, -0.2) is 12.5 Å². The molecule has 3 nitrogen and oxygen atoms in total. The first kappa shape index (κ1) is 13.4. The fraction of sp³-hybridized carbons (Fsp3) is 0.500. The average molecular weight is 311 g/mol. The Balaban J connectivity index is 1.91. The first-order valence-electron chi connectivity index (χ1n) is 6.39. The van der Waals surface area contributed by atoms with Gasteiger partial charge in [-0.25, -0.2) is 0 Å². The van der Waals surface area contributed by atoms with Crippen LogP contribution < -0.4 is 11.1 Å². The lowest BCUT2D eigenvalue weighted by Gasteiger charge is -2.12. The van der Waals surface area contributed by atoms with Crippen LogP contribution in [0, 0.1) is 11.8 Å². The molecule has 2 atom stereocenters. The van der Waals surface area contributed by atoms with Gasteiger partial charge in [0.2, 0.25) is 0 Å². The fourth-order valence-corrected chi connectivity index (χ4v) is 2.96. The molecule has 98 valence electrons. The Morgan fingerprint density at radius 1 is 1.50 bits per heavy atom. The minimum Gasteiger partial charge on any atom is -0.398 e. The van der Waals surface area contributed by atoms with Crippen molar-refractivity contribution in [1.82, 2.24) is 5.32 Å². The number of nitrogen functional groups attached to an aromatic ring is 1. The monoisotopic (exact) mass is 310 g/mol. The maximum Gasteiger partial charge on any atom is 0.253 e. The molecule has 0 spiro atoms. The second-order valence-electron chi connectivity index (χ2n) is 5.23. The van der Waals surface area contributed by atoms with Gasteiger partial charge in [-0.1, -0.05) is 29.3 Å². The Bertz CT molecular complexity index is 447. The molecule has 0 heterocycles. The molecule has 4 heteroatoms. The van der Waals surface area contributed by atoms with Crippen molar-refractivity contribution in [3.8, 4) is 0 Å². The molecule has 1 aliphatic carbocycles. The van der Waals surface area contributed by atoms with Gasteiger partial charge in [0.1, 0.15) is 0 Å². The first-order valence-corrected chi connectivity index (χ1v) is 7.18. The van der Waals surface area contributed by atoms with Crippen LogP contribution in [0.15, 0.2) is 22.7 Å². The SMILES string of the molecule is CC1CCC(CNC(=O)c2ccc(Br)cc2N)C1. The molecular formula is C14H19BrN2O. The van der Waals surface area contributed by atoms with Gasteiger partial charge in [0, 0.05) is 16.7 Å². The predicted octanol–water partition coefficient (Wildman–Crippen LogP) is 3.20. The van der Waals surface area contributed by atoms with E-state index in [1.807, 2.05) is 6.07 Å². The van der Waals surface area contributed by atoms with Gasteiger partial charge in [-0.15, -0.1) is 0 Å². The summed E-state index contributed by atoms with van der Waals surface area (Å²) in [5, 5.41) is 2.99. The zero-order valence-corrected chi connectivity index (χ0v) is 12.2. The van der Waals surface area contributed by atoms with Crippen molar-refractivity contribution in [3.05, 3.63) is 28.2 Å². The highest BCUT2D eigenvalue weighted by Crippen LogP contribution is 2.29. The lowest BCUT2D eigenvalue weighted by atomic mass is 10.1. The van der Waals surface area contributed by atoms with Gasteiger partial charge in [-0.3, -0.25) is 4.79 Å². The van der Waals surface area contributed by atoms with Gasteiger partial charge in [0.05, 0.1) is 5.56 Å². The van der Waals surface area contributed by atoms with Crippen LogP contribution in [0.4, 0.5) is 5.69 Å². The Morgan fingerprint density at radius 3 is 2.89 bits per heavy atom. The normalized spacial score (nSPS) is 23.0. The summed E-state index contributed by atoms with van der Waals surface area (Å²) in [6.45, 7) is 3.03. The molecule has 1 amide bonds. The van der Waals surface area contributed by atoms with Crippen LogP contribution in [-0.2, 0) is 0 Å². The zero-order chi connectivity index (χ0) is 13.1. The molecule has 1 fully saturated rings. The molecule has 1 aliphatic rings. The molecule has 1 aromatic rings. The standard InChI is InChI=1S/C14H19BrN2O/c1-9-2-3-10(6-9)8-17-14(18)12-5-4-11(15)7-13(12)16/h4-5,7,9-10H,2-3,6,8,16H2,1H3,(H,17,18). The van der Waals surface area contributed by atoms with Crippen molar-refractivity contribution in [3.63, 3.8) is 0 Å². The Hall–Kier alpha value is -1.03. The van der Waals surface area contributed by atoms with Crippen LogP contribution in [0.25, 0.3) is 0 Å². The molecule has 18 heavy (non-hydrogen) atoms. The van der Waals surface area contributed by atoms with Crippen molar-refractivity contribution in [2.24, 2.45) is 11.8 Å². The molecule has 0 saturated heterocycles. The second kappa shape index (κ2) is 5.74. The third kappa shape index (κ3) is 3.25. The van der Waals surface area contributed by atoms with Crippen molar-refractivity contribution in [1.29, 1.82) is 0 Å². The molecule has 1 saturated carbocycles. The smallest absolute Gasteiger partial charge is 0.253 e. The lowest BCUT2D eigenvalue weighted by Crippen LogP contribution is -2.29. The number of carbonyl (C=O) groups is 1. The Kier molecular flexibility index (Phi) is 4.27. The summed E-state index contributed by atoms with van der Waals surface area (Å²) in [6.07, 6.45) is 3.72. The van der Waals surface area contributed by atoms with E-state index in [1.54, 1.807) is 12.1 Å². The van der Waals surface area contributed by atoms with Crippen molar-refractivity contribution < 1.29 is 4.79 Å². The van der Waals surface area contributed by atoms with Crippen LogP contribution in [0.5, 0.6) is 0 Å². The Morgan fingerprint density at radius 2 is 2.28 bits per heavy atom. The number of hydrogen-bond donors (Lipinski definition) is 2. The van der Waals surface area contributed by atoms with E-state index < -0.39 is 0 Å². The third-order valence-electron chi connectivity index (χ3n) is 3.61. The van der Waals surface area contributed by atoms with E-state index >= 15 is 0 Å². The van der Waals surface area contributed by atoms with Gasteiger partial charge in [-0.05, 0) is 42.9 Å². The minimum absolute atomic E-state index is 0.0699. The maximum atomic E-state index is 12.0. The highest BCUT2D eigenvalue weighted by Gasteiger charge is 2.22. The number of halogens is 1. The van der Waals surface area contributed by atoms with Crippen molar-refractivity contribution in [2.45, 2.75) is 26.2 Å².